The van der Waals surface area contributed by atoms with Gasteiger partial charge < -0.3 is 5.32 Å². The van der Waals surface area contributed by atoms with Crippen molar-refractivity contribution >= 4 is 35.1 Å². The normalized spacial score (nSPS) is 9.86. The van der Waals surface area contributed by atoms with Crippen LogP contribution in [0, 0.1) is 0 Å². The van der Waals surface area contributed by atoms with Crippen LogP contribution in [-0.2, 0) is 4.79 Å². The van der Waals surface area contributed by atoms with Crippen LogP contribution in [0.3, 0.4) is 0 Å². The molecule has 0 saturated carbocycles. The summed E-state index contributed by atoms with van der Waals surface area (Å²) in [5, 5.41) is 3.05. The first-order chi connectivity index (χ1) is 6.72. The number of thioether (sulfide) groups is 1. The van der Waals surface area contributed by atoms with Gasteiger partial charge in [0, 0.05) is 12.2 Å². The average Bonchev–Trinajstić information content (AvgIpc) is 2.15. The van der Waals surface area contributed by atoms with E-state index in [2.05, 4.69) is 10.3 Å². The van der Waals surface area contributed by atoms with Gasteiger partial charge in [0.2, 0.25) is 5.91 Å². The number of amides is 1. The minimum absolute atomic E-state index is 0.0332. The summed E-state index contributed by atoms with van der Waals surface area (Å²) in [7, 11) is 0. The van der Waals surface area contributed by atoms with Gasteiger partial charge >= 0.3 is 0 Å². The van der Waals surface area contributed by atoms with Gasteiger partial charge in [-0.25, -0.2) is 4.98 Å². The predicted molar refractivity (Wildman–Crippen MR) is 60.9 cm³/mol. The molecule has 3 nitrogen and oxygen atoms in total. The summed E-state index contributed by atoms with van der Waals surface area (Å²) in [5.41, 5.74) is 0. The van der Waals surface area contributed by atoms with E-state index in [1.165, 1.54) is 0 Å². The monoisotopic (exact) mass is 230 g/mol. The van der Waals surface area contributed by atoms with Gasteiger partial charge in [0.1, 0.15) is 11.0 Å². The number of nitrogens with one attached hydrogen (secondary N) is 1. The van der Waals surface area contributed by atoms with Crippen LogP contribution in [-0.4, -0.2) is 22.9 Å². The number of pyridine rings is 1. The molecule has 1 amide bonds. The number of aromatic nitrogens is 1. The first kappa shape index (κ1) is 11.3. The van der Waals surface area contributed by atoms with Gasteiger partial charge in [-0.1, -0.05) is 17.7 Å². The van der Waals surface area contributed by atoms with Crippen molar-refractivity contribution < 1.29 is 4.79 Å². The van der Waals surface area contributed by atoms with Crippen LogP contribution in [0.1, 0.15) is 6.42 Å². The molecule has 1 N–H and O–H groups in total. The molecule has 0 atom stereocenters. The summed E-state index contributed by atoms with van der Waals surface area (Å²) in [6.45, 7) is 0. The molecule has 1 aromatic heterocycles. The van der Waals surface area contributed by atoms with Crippen molar-refractivity contribution in [2.75, 3.05) is 17.3 Å². The Labute approximate surface area is 92.2 Å². The Kier molecular flexibility index (Phi) is 4.76. The van der Waals surface area contributed by atoms with Crippen LogP contribution in [0.2, 0.25) is 5.15 Å². The second kappa shape index (κ2) is 5.88. The number of anilines is 1. The maximum absolute atomic E-state index is 11.3. The van der Waals surface area contributed by atoms with Crippen molar-refractivity contribution in [2.24, 2.45) is 0 Å². The first-order valence-corrected chi connectivity index (χ1v) is 5.91. The highest BCUT2D eigenvalue weighted by Crippen LogP contribution is 2.09. The van der Waals surface area contributed by atoms with Gasteiger partial charge in [-0.3, -0.25) is 4.79 Å². The smallest absolute Gasteiger partial charge is 0.226 e. The molecule has 0 aliphatic carbocycles. The van der Waals surface area contributed by atoms with E-state index in [4.69, 9.17) is 11.6 Å². The molecule has 0 aromatic carbocycles. The Morgan fingerprint density at radius 1 is 1.64 bits per heavy atom. The number of hydrogen-bond donors (Lipinski definition) is 1. The molecule has 0 radical (unpaired) electrons. The van der Waals surface area contributed by atoms with E-state index < -0.39 is 0 Å². The van der Waals surface area contributed by atoms with Gasteiger partial charge in [0.25, 0.3) is 0 Å². The van der Waals surface area contributed by atoms with E-state index in [9.17, 15) is 4.79 Å². The minimum Gasteiger partial charge on any atom is -0.311 e. The Balaban J connectivity index is 2.47. The second-order valence-electron chi connectivity index (χ2n) is 2.64. The molecule has 0 aliphatic heterocycles. The van der Waals surface area contributed by atoms with Crippen molar-refractivity contribution in [1.82, 2.24) is 4.98 Å². The van der Waals surface area contributed by atoms with Crippen molar-refractivity contribution in [3.05, 3.63) is 23.4 Å². The van der Waals surface area contributed by atoms with E-state index in [1.807, 2.05) is 6.26 Å². The van der Waals surface area contributed by atoms with Crippen LogP contribution in [0.15, 0.2) is 18.2 Å². The Bertz CT molecular complexity index is 319. The lowest BCUT2D eigenvalue weighted by atomic mass is 10.4. The molecule has 1 rings (SSSR count). The fourth-order valence-electron chi connectivity index (χ4n) is 0.878. The predicted octanol–water partition coefficient (Wildman–Crippen LogP) is 2.43. The summed E-state index contributed by atoms with van der Waals surface area (Å²) in [4.78, 5) is 15.2. The average molecular weight is 231 g/mol. The van der Waals surface area contributed by atoms with Gasteiger partial charge in [-0.05, 0) is 18.4 Å². The number of halogens is 1. The molecule has 0 aliphatic rings. The number of hydrogen-bond acceptors (Lipinski definition) is 3. The van der Waals surface area contributed by atoms with Gasteiger partial charge in [0.15, 0.2) is 0 Å². The Morgan fingerprint density at radius 2 is 2.43 bits per heavy atom. The minimum atomic E-state index is -0.0332. The van der Waals surface area contributed by atoms with Crippen molar-refractivity contribution in [3.63, 3.8) is 0 Å². The fraction of sp³-hybridized carbons (Fsp3) is 0.333. The maximum atomic E-state index is 11.3. The first-order valence-electron chi connectivity index (χ1n) is 4.13. The molecule has 0 spiro atoms. The molecule has 1 heterocycles. The molecule has 0 unspecified atom stereocenters. The molecule has 0 bridgehead atoms. The molecule has 14 heavy (non-hydrogen) atoms. The maximum Gasteiger partial charge on any atom is 0.226 e. The van der Waals surface area contributed by atoms with E-state index >= 15 is 0 Å². The zero-order valence-corrected chi connectivity index (χ0v) is 9.36. The van der Waals surface area contributed by atoms with E-state index in [0.717, 1.165) is 5.75 Å². The largest absolute Gasteiger partial charge is 0.311 e. The Morgan fingerprint density at radius 3 is 3.07 bits per heavy atom. The number of nitrogens with zero attached hydrogens (tertiary/aromatic N) is 1. The fourth-order valence-corrected chi connectivity index (χ4v) is 1.43. The standard InChI is InChI=1S/C9H11ClN2OS/c1-14-6-5-9(13)12-8-4-2-3-7(10)11-8/h2-4H,5-6H2,1H3,(H,11,12,13). The Hall–Kier alpha value is -0.740. The lowest BCUT2D eigenvalue weighted by Crippen LogP contribution is -2.13. The van der Waals surface area contributed by atoms with Crippen LogP contribution in [0.4, 0.5) is 5.82 Å². The highest BCUT2D eigenvalue weighted by molar-refractivity contribution is 7.98. The lowest BCUT2D eigenvalue weighted by Gasteiger charge is -2.03. The number of rotatable bonds is 4. The highest BCUT2D eigenvalue weighted by atomic mass is 35.5. The zero-order chi connectivity index (χ0) is 10.4. The topological polar surface area (TPSA) is 42.0 Å². The van der Waals surface area contributed by atoms with E-state index in [0.29, 0.717) is 17.4 Å². The summed E-state index contributed by atoms with van der Waals surface area (Å²) in [5.74, 6) is 1.28. The molecular formula is C9H11ClN2OS. The molecule has 1 aromatic rings. The number of carbonyl (C=O) groups is 1. The van der Waals surface area contributed by atoms with Crippen LogP contribution in [0.5, 0.6) is 0 Å². The van der Waals surface area contributed by atoms with Gasteiger partial charge in [-0.2, -0.15) is 11.8 Å². The third kappa shape index (κ3) is 3.98. The van der Waals surface area contributed by atoms with Crippen molar-refractivity contribution in [3.8, 4) is 0 Å². The second-order valence-corrected chi connectivity index (χ2v) is 4.01. The van der Waals surface area contributed by atoms with Gasteiger partial charge in [-0.15, -0.1) is 0 Å². The van der Waals surface area contributed by atoms with Crippen LogP contribution < -0.4 is 5.32 Å². The third-order valence-corrected chi connectivity index (χ3v) is 2.34. The zero-order valence-electron chi connectivity index (χ0n) is 7.79. The number of carbonyl (C=O) groups excluding carboxylic acids is 1. The molecule has 5 heteroatoms. The molecular weight excluding hydrogens is 220 g/mol. The van der Waals surface area contributed by atoms with Crippen LogP contribution in [0.25, 0.3) is 0 Å². The SMILES string of the molecule is CSCCC(=O)Nc1cccc(Cl)n1. The van der Waals surface area contributed by atoms with Crippen LogP contribution >= 0.6 is 23.4 Å². The highest BCUT2D eigenvalue weighted by Gasteiger charge is 2.02. The molecule has 76 valence electrons. The summed E-state index contributed by atoms with van der Waals surface area (Å²) in [6, 6.07) is 5.13. The summed E-state index contributed by atoms with van der Waals surface area (Å²) >= 11 is 7.30. The molecule has 0 saturated heterocycles. The molecule has 0 fully saturated rings. The lowest BCUT2D eigenvalue weighted by molar-refractivity contribution is -0.115. The third-order valence-electron chi connectivity index (χ3n) is 1.52. The van der Waals surface area contributed by atoms with Gasteiger partial charge in [0.05, 0.1) is 0 Å². The summed E-state index contributed by atoms with van der Waals surface area (Å²) in [6.07, 6.45) is 2.46. The van der Waals surface area contributed by atoms with Crippen molar-refractivity contribution in [1.29, 1.82) is 0 Å². The van der Waals surface area contributed by atoms with E-state index in [1.54, 1.807) is 30.0 Å². The van der Waals surface area contributed by atoms with Crippen molar-refractivity contribution in [2.45, 2.75) is 6.42 Å². The summed E-state index contributed by atoms with van der Waals surface area (Å²) < 4.78 is 0. The quantitative estimate of drug-likeness (QED) is 0.808. The van der Waals surface area contributed by atoms with E-state index in [-0.39, 0.29) is 5.91 Å².